The Bertz CT molecular complexity index is 416. The number of hydrogen-bond acceptors (Lipinski definition) is 2. The predicted octanol–water partition coefficient (Wildman–Crippen LogP) is 3.08. The van der Waals surface area contributed by atoms with Crippen LogP contribution in [0, 0.1) is 6.92 Å². The average molecular weight is 247 g/mol. The van der Waals surface area contributed by atoms with Crippen LogP contribution in [0.4, 0.5) is 0 Å². The van der Waals surface area contributed by atoms with Gasteiger partial charge in [-0.1, -0.05) is 39.0 Å². The maximum absolute atomic E-state index is 9.61. The Hall–Kier alpha value is -0.860. The highest BCUT2D eigenvalue weighted by Crippen LogP contribution is 2.29. The molecule has 1 atom stereocenters. The number of benzene rings is 1. The van der Waals surface area contributed by atoms with Gasteiger partial charge in [0.2, 0.25) is 0 Å². The van der Waals surface area contributed by atoms with Crippen molar-refractivity contribution in [2.45, 2.75) is 58.0 Å². The van der Waals surface area contributed by atoms with Crippen LogP contribution in [0.5, 0.6) is 0 Å². The van der Waals surface area contributed by atoms with Crippen LogP contribution in [0.3, 0.4) is 0 Å². The van der Waals surface area contributed by atoms with E-state index in [4.69, 9.17) is 0 Å². The van der Waals surface area contributed by atoms with Gasteiger partial charge in [0.15, 0.2) is 0 Å². The van der Waals surface area contributed by atoms with Crippen molar-refractivity contribution in [1.82, 2.24) is 5.32 Å². The van der Waals surface area contributed by atoms with E-state index in [1.165, 1.54) is 29.5 Å². The molecule has 0 bridgehead atoms. The third kappa shape index (κ3) is 3.12. The summed E-state index contributed by atoms with van der Waals surface area (Å²) in [4.78, 5) is 0. The van der Waals surface area contributed by atoms with Crippen LogP contribution in [-0.4, -0.2) is 17.8 Å². The standard InChI is InChI=1S/C16H25NO/c1-11-5-6-12(16(2,3)4)9-14(11)15(10-18)17-13-7-8-13/h5-6,9,13,15,17-18H,7-8,10H2,1-4H3. The molecule has 0 heterocycles. The van der Waals surface area contributed by atoms with Crippen molar-refractivity contribution >= 4 is 0 Å². The first kappa shape index (κ1) is 13.6. The van der Waals surface area contributed by atoms with Gasteiger partial charge >= 0.3 is 0 Å². The maximum atomic E-state index is 9.61. The lowest BCUT2D eigenvalue weighted by Gasteiger charge is -2.24. The number of aryl methyl sites for hydroxylation is 1. The van der Waals surface area contributed by atoms with Gasteiger partial charge in [0, 0.05) is 6.04 Å². The average Bonchev–Trinajstić information content (AvgIpc) is 3.09. The highest BCUT2D eigenvalue weighted by molar-refractivity contribution is 5.36. The summed E-state index contributed by atoms with van der Waals surface area (Å²) in [6, 6.07) is 7.32. The fourth-order valence-corrected chi connectivity index (χ4v) is 2.26. The molecule has 0 aliphatic heterocycles. The quantitative estimate of drug-likeness (QED) is 0.857. The molecule has 0 spiro atoms. The zero-order valence-corrected chi connectivity index (χ0v) is 12.0. The number of nitrogens with one attached hydrogen (secondary N) is 1. The zero-order valence-electron chi connectivity index (χ0n) is 12.0. The summed E-state index contributed by atoms with van der Waals surface area (Å²) >= 11 is 0. The molecule has 2 N–H and O–H groups in total. The van der Waals surface area contributed by atoms with Crippen molar-refractivity contribution in [3.8, 4) is 0 Å². The van der Waals surface area contributed by atoms with Crippen LogP contribution in [0.15, 0.2) is 18.2 Å². The molecule has 2 nitrogen and oxygen atoms in total. The molecule has 18 heavy (non-hydrogen) atoms. The van der Waals surface area contributed by atoms with Gasteiger partial charge in [0.05, 0.1) is 12.6 Å². The smallest absolute Gasteiger partial charge is 0.0626 e. The van der Waals surface area contributed by atoms with Crippen LogP contribution in [0.25, 0.3) is 0 Å². The number of aliphatic hydroxyl groups is 1. The normalized spacial score (nSPS) is 17.8. The second kappa shape index (κ2) is 5.02. The Morgan fingerprint density at radius 3 is 2.50 bits per heavy atom. The van der Waals surface area contributed by atoms with Crippen molar-refractivity contribution in [2.75, 3.05) is 6.61 Å². The molecular formula is C16H25NO. The van der Waals surface area contributed by atoms with E-state index in [0.717, 1.165) is 0 Å². The van der Waals surface area contributed by atoms with Gasteiger partial charge in [0.1, 0.15) is 0 Å². The third-order valence-corrected chi connectivity index (χ3v) is 3.72. The number of rotatable bonds is 4. The van der Waals surface area contributed by atoms with E-state index in [9.17, 15) is 5.11 Å². The summed E-state index contributed by atoms with van der Waals surface area (Å²) in [5.74, 6) is 0. The van der Waals surface area contributed by atoms with Crippen molar-refractivity contribution in [3.63, 3.8) is 0 Å². The van der Waals surface area contributed by atoms with Gasteiger partial charge in [-0.15, -0.1) is 0 Å². The van der Waals surface area contributed by atoms with E-state index in [0.29, 0.717) is 6.04 Å². The molecule has 0 aromatic heterocycles. The van der Waals surface area contributed by atoms with E-state index >= 15 is 0 Å². The zero-order chi connectivity index (χ0) is 13.3. The molecule has 2 heteroatoms. The summed E-state index contributed by atoms with van der Waals surface area (Å²) in [7, 11) is 0. The van der Waals surface area contributed by atoms with Gasteiger partial charge in [-0.2, -0.15) is 0 Å². The second-order valence-corrected chi connectivity index (χ2v) is 6.50. The fraction of sp³-hybridized carbons (Fsp3) is 0.625. The number of hydrogen-bond donors (Lipinski definition) is 2. The van der Waals surface area contributed by atoms with Crippen LogP contribution in [0.2, 0.25) is 0 Å². The highest BCUT2D eigenvalue weighted by Gasteiger charge is 2.26. The summed E-state index contributed by atoms with van der Waals surface area (Å²) in [6.45, 7) is 8.97. The van der Waals surface area contributed by atoms with Gasteiger partial charge in [-0.3, -0.25) is 0 Å². The molecule has 1 aromatic carbocycles. The summed E-state index contributed by atoms with van der Waals surface area (Å²) in [5.41, 5.74) is 3.99. The van der Waals surface area contributed by atoms with Crippen molar-refractivity contribution in [3.05, 3.63) is 34.9 Å². The Labute approximate surface area is 110 Å². The number of aliphatic hydroxyl groups excluding tert-OH is 1. The molecule has 1 aromatic rings. The largest absolute Gasteiger partial charge is 0.394 e. The van der Waals surface area contributed by atoms with Gasteiger partial charge < -0.3 is 10.4 Å². The molecule has 0 saturated heterocycles. The lowest BCUT2D eigenvalue weighted by Crippen LogP contribution is -2.27. The molecule has 100 valence electrons. The maximum Gasteiger partial charge on any atom is 0.0626 e. The molecule has 0 amide bonds. The minimum atomic E-state index is 0.0831. The van der Waals surface area contributed by atoms with E-state index < -0.39 is 0 Å². The van der Waals surface area contributed by atoms with Gasteiger partial charge in [-0.05, 0) is 41.9 Å². The topological polar surface area (TPSA) is 32.3 Å². The third-order valence-electron chi connectivity index (χ3n) is 3.72. The molecule has 1 fully saturated rings. The van der Waals surface area contributed by atoms with Gasteiger partial charge in [0.25, 0.3) is 0 Å². The van der Waals surface area contributed by atoms with Crippen molar-refractivity contribution in [2.24, 2.45) is 0 Å². The Morgan fingerprint density at radius 2 is 2.00 bits per heavy atom. The van der Waals surface area contributed by atoms with Crippen LogP contribution in [0.1, 0.15) is 56.3 Å². The van der Waals surface area contributed by atoms with E-state index in [1.807, 2.05) is 0 Å². The summed E-state index contributed by atoms with van der Waals surface area (Å²) < 4.78 is 0. The van der Waals surface area contributed by atoms with Gasteiger partial charge in [-0.25, -0.2) is 0 Å². The highest BCUT2D eigenvalue weighted by atomic mass is 16.3. The molecule has 1 aliphatic carbocycles. The second-order valence-electron chi connectivity index (χ2n) is 6.50. The molecule has 1 unspecified atom stereocenters. The minimum Gasteiger partial charge on any atom is -0.394 e. The first-order chi connectivity index (χ1) is 8.41. The Kier molecular flexibility index (Phi) is 3.79. The minimum absolute atomic E-state index is 0.0831. The molecule has 0 radical (unpaired) electrons. The molecular weight excluding hydrogens is 222 g/mol. The van der Waals surface area contributed by atoms with Crippen LogP contribution >= 0.6 is 0 Å². The molecule has 2 rings (SSSR count). The fourth-order valence-electron chi connectivity index (χ4n) is 2.26. The predicted molar refractivity (Wildman–Crippen MR) is 75.9 cm³/mol. The van der Waals surface area contributed by atoms with E-state index in [2.05, 4.69) is 51.2 Å². The van der Waals surface area contributed by atoms with Crippen molar-refractivity contribution < 1.29 is 5.11 Å². The lowest BCUT2D eigenvalue weighted by atomic mass is 9.84. The van der Waals surface area contributed by atoms with Crippen LogP contribution < -0.4 is 5.32 Å². The molecule has 1 saturated carbocycles. The molecule has 1 aliphatic rings. The van der Waals surface area contributed by atoms with E-state index in [-0.39, 0.29) is 18.1 Å². The Balaban J connectivity index is 2.28. The monoisotopic (exact) mass is 247 g/mol. The van der Waals surface area contributed by atoms with Crippen LogP contribution in [-0.2, 0) is 5.41 Å². The first-order valence-corrected chi connectivity index (χ1v) is 6.90. The summed E-state index contributed by atoms with van der Waals surface area (Å²) in [6.07, 6.45) is 2.49. The first-order valence-electron chi connectivity index (χ1n) is 6.90. The SMILES string of the molecule is Cc1ccc(C(C)(C)C)cc1C(CO)NC1CC1. The lowest BCUT2D eigenvalue weighted by molar-refractivity contribution is 0.243. The van der Waals surface area contributed by atoms with E-state index in [1.54, 1.807) is 0 Å². The van der Waals surface area contributed by atoms with Crippen molar-refractivity contribution in [1.29, 1.82) is 0 Å². The summed E-state index contributed by atoms with van der Waals surface area (Å²) in [5, 5.41) is 13.1. The Morgan fingerprint density at radius 1 is 1.33 bits per heavy atom.